The van der Waals surface area contributed by atoms with Gasteiger partial charge in [-0.3, -0.25) is 14.4 Å². The van der Waals surface area contributed by atoms with Gasteiger partial charge in [0.25, 0.3) is 5.91 Å². The standard InChI is InChI=1S/C28H34N4O4/c1-17-8-4-5-9-21(17)19-12-13-22(18(2)14-19)26(34)32-16-20(31-36-3)15-28(32,27(30)35)24-11-7-6-10-23(24)25(29)33/h4-5,8-9,12-14,23-24H,6-7,10-11,15-16H2,1-3H3,(H2,29,33)(H2,30,35)/t23-,24+,28?/m0/s1. The van der Waals surface area contributed by atoms with Crippen molar-refractivity contribution in [2.45, 2.75) is 51.5 Å². The van der Waals surface area contributed by atoms with Gasteiger partial charge in [-0.25, -0.2) is 0 Å². The quantitative estimate of drug-likeness (QED) is 0.602. The summed E-state index contributed by atoms with van der Waals surface area (Å²) < 4.78 is 0. The third kappa shape index (κ3) is 4.36. The SMILES string of the molecule is CON=C1CN(C(=O)c2ccc(-c3ccccc3C)cc2C)C(C(N)=O)([C@@H]2CCCC[C@@H]2C(N)=O)C1. The number of carbonyl (C=O) groups excluding carboxylic acids is 3. The van der Waals surface area contributed by atoms with Crippen LogP contribution in [0, 0.1) is 25.7 Å². The smallest absolute Gasteiger partial charge is 0.255 e. The van der Waals surface area contributed by atoms with E-state index in [1.807, 2.05) is 50.2 Å². The second-order valence-electron chi connectivity index (χ2n) is 9.94. The van der Waals surface area contributed by atoms with Crippen molar-refractivity contribution in [3.8, 4) is 11.1 Å². The van der Waals surface area contributed by atoms with Gasteiger partial charge in [-0.15, -0.1) is 0 Å². The monoisotopic (exact) mass is 490 g/mol. The fourth-order valence-corrected chi connectivity index (χ4v) is 6.12. The number of likely N-dealkylation sites (tertiary alicyclic amines) is 1. The average Bonchev–Trinajstić information content (AvgIpc) is 3.24. The van der Waals surface area contributed by atoms with Crippen LogP contribution in [0.15, 0.2) is 47.6 Å². The molecule has 4 N–H and O–H groups in total. The molecule has 0 aromatic heterocycles. The Hall–Kier alpha value is -3.68. The molecule has 2 aromatic rings. The third-order valence-electron chi connectivity index (χ3n) is 7.85. The Bertz CT molecular complexity index is 1220. The highest BCUT2D eigenvalue weighted by molar-refractivity contribution is 6.08. The van der Waals surface area contributed by atoms with Crippen molar-refractivity contribution in [3.63, 3.8) is 0 Å². The number of hydrogen-bond donors (Lipinski definition) is 2. The molecule has 1 aliphatic carbocycles. The van der Waals surface area contributed by atoms with Crippen LogP contribution in [0.5, 0.6) is 0 Å². The first-order valence-corrected chi connectivity index (χ1v) is 12.4. The maximum atomic E-state index is 14.1. The van der Waals surface area contributed by atoms with Gasteiger partial charge in [0, 0.05) is 23.8 Å². The van der Waals surface area contributed by atoms with Crippen LogP contribution in [0.1, 0.15) is 53.6 Å². The molecule has 190 valence electrons. The second kappa shape index (κ2) is 10.1. The fraction of sp³-hybridized carbons (Fsp3) is 0.429. The summed E-state index contributed by atoms with van der Waals surface area (Å²) in [4.78, 5) is 46.2. The van der Waals surface area contributed by atoms with Crippen LogP contribution in [0.25, 0.3) is 11.1 Å². The Balaban J connectivity index is 1.79. The van der Waals surface area contributed by atoms with Crippen molar-refractivity contribution in [2.24, 2.45) is 28.5 Å². The number of amides is 3. The minimum absolute atomic E-state index is 0.0938. The number of benzene rings is 2. The Kier molecular flexibility index (Phi) is 7.15. The highest BCUT2D eigenvalue weighted by atomic mass is 16.6. The maximum absolute atomic E-state index is 14.1. The molecular weight excluding hydrogens is 456 g/mol. The van der Waals surface area contributed by atoms with Gasteiger partial charge in [0.15, 0.2) is 0 Å². The van der Waals surface area contributed by atoms with E-state index in [4.69, 9.17) is 16.3 Å². The zero-order valence-corrected chi connectivity index (χ0v) is 21.1. The highest BCUT2D eigenvalue weighted by Gasteiger charge is 2.59. The molecule has 2 aliphatic rings. The zero-order chi connectivity index (χ0) is 26.0. The molecule has 2 fully saturated rings. The summed E-state index contributed by atoms with van der Waals surface area (Å²) in [6, 6.07) is 13.8. The van der Waals surface area contributed by atoms with Gasteiger partial charge in [-0.2, -0.15) is 0 Å². The number of rotatable bonds is 6. The van der Waals surface area contributed by atoms with Crippen molar-refractivity contribution >= 4 is 23.4 Å². The van der Waals surface area contributed by atoms with Crippen molar-refractivity contribution in [1.82, 2.24) is 4.90 Å². The first-order valence-electron chi connectivity index (χ1n) is 12.4. The summed E-state index contributed by atoms with van der Waals surface area (Å²) >= 11 is 0. The van der Waals surface area contributed by atoms with Crippen LogP contribution in [-0.2, 0) is 14.4 Å². The number of nitrogens with two attached hydrogens (primary N) is 2. The van der Waals surface area contributed by atoms with E-state index in [0.29, 0.717) is 24.1 Å². The lowest BCUT2D eigenvalue weighted by molar-refractivity contribution is -0.137. The number of primary amides is 2. The normalized spacial score (nSPS) is 25.1. The largest absolute Gasteiger partial charge is 0.399 e. The van der Waals surface area contributed by atoms with E-state index >= 15 is 0 Å². The van der Waals surface area contributed by atoms with Gasteiger partial charge in [0.2, 0.25) is 11.8 Å². The molecule has 0 spiro atoms. The molecule has 8 heteroatoms. The van der Waals surface area contributed by atoms with Crippen LogP contribution in [0.3, 0.4) is 0 Å². The van der Waals surface area contributed by atoms with Crippen molar-refractivity contribution in [2.75, 3.05) is 13.7 Å². The second-order valence-corrected chi connectivity index (χ2v) is 9.94. The molecule has 3 atom stereocenters. The van der Waals surface area contributed by atoms with E-state index in [1.165, 1.54) is 12.0 Å². The van der Waals surface area contributed by atoms with E-state index < -0.39 is 29.2 Å². The molecule has 1 unspecified atom stereocenters. The minimum atomic E-state index is -1.41. The number of aryl methyl sites for hydroxylation is 2. The average molecular weight is 491 g/mol. The molecular formula is C28H34N4O4. The number of hydrogen-bond acceptors (Lipinski definition) is 5. The molecule has 4 rings (SSSR count). The lowest BCUT2D eigenvalue weighted by Crippen LogP contribution is -2.63. The van der Waals surface area contributed by atoms with Gasteiger partial charge in [0.1, 0.15) is 12.6 Å². The topological polar surface area (TPSA) is 128 Å². The van der Waals surface area contributed by atoms with Crippen LogP contribution < -0.4 is 11.5 Å². The lowest BCUT2D eigenvalue weighted by Gasteiger charge is -2.46. The zero-order valence-electron chi connectivity index (χ0n) is 21.1. The van der Waals surface area contributed by atoms with E-state index in [2.05, 4.69) is 5.16 Å². The summed E-state index contributed by atoms with van der Waals surface area (Å²) in [7, 11) is 1.42. The van der Waals surface area contributed by atoms with Crippen LogP contribution >= 0.6 is 0 Å². The molecule has 0 radical (unpaired) electrons. The van der Waals surface area contributed by atoms with Crippen LogP contribution in [-0.4, -0.2) is 47.5 Å². The Morgan fingerprint density at radius 3 is 2.39 bits per heavy atom. The predicted octanol–water partition coefficient (Wildman–Crippen LogP) is 3.33. The molecule has 1 saturated heterocycles. The molecule has 2 aromatic carbocycles. The van der Waals surface area contributed by atoms with Crippen molar-refractivity contribution in [3.05, 3.63) is 59.2 Å². The third-order valence-corrected chi connectivity index (χ3v) is 7.85. The van der Waals surface area contributed by atoms with Gasteiger partial charge < -0.3 is 21.2 Å². The van der Waals surface area contributed by atoms with E-state index in [0.717, 1.165) is 35.1 Å². The lowest BCUT2D eigenvalue weighted by atomic mass is 9.66. The van der Waals surface area contributed by atoms with E-state index in [1.54, 1.807) is 6.07 Å². The molecule has 1 heterocycles. The molecule has 36 heavy (non-hydrogen) atoms. The predicted molar refractivity (Wildman–Crippen MR) is 138 cm³/mol. The Morgan fingerprint density at radius 2 is 1.75 bits per heavy atom. The highest BCUT2D eigenvalue weighted by Crippen LogP contribution is 2.46. The van der Waals surface area contributed by atoms with Crippen molar-refractivity contribution in [1.29, 1.82) is 0 Å². The molecule has 3 amide bonds. The number of carbonyl (C=O) groups is 3. The van der Waals surface area contributed by atoms with E-state index in [-0.39, 0.29) is 18.9 Å². The summed E-state index contributed by atoms with van der Waals surface area (Å²) in [5, 5.41) is 4.08. The molecule has 8 nitrogen and oxygen atoms in total. The number of nitrogens with zero attached hydrogens (tertiary/aromatic N) is 2. The Morgan fingerprint density at radius 1 is 1.03 bits per heavy atom. The van der Waals surface area contributed by atoms with Crippen LogP contribution in [0.2, 0.25) is 0 Å². The van der Waals surface area contributed by atoms with Crippen LogP contribution in [0.4, 0.5) is 0 Å². The number of oxime groups is 1. The summed E-state index contributed by atoms with van der Waals surface area (Å²) in [6.07, 6.45) is 2.93. The maximum Gasteiger partial charge on any atom is 0.255 e. The van der Waals surface area contributed by atoms with Gasteiger partial charge in [-0.05, 0) is 55.0 Å². The summed E-state index contributed by atoms with van der Waals surface area (Å²) in [5.41, 5.74) is 15.5. The Labute approximate surface area is 211 Å². The van der Waals surface area contributed by atoms with Gasteiger partial charge in [-0.1, -0.05) is 54.4 Å². The van der Waals surface area contributed by atoms with E-state index in [9.17, 15) is 14.4 Å². The van der Waals surface area contributed by atoms with Gasteiger partial charge in [0.05, 0.1) is 12.3 Å². The first kappa shape index (κ1) is 25.4. The van der Waals surface area contributed by atoms with Crippen molar-refractivity contribution < 1.29 is 19.2 Å². The fourth-order valence-electron chi connectivity index (χ4n) is 6.12. The van der Waals surface area contributed by atoms with Gasteiger partial charge >= 0.3 is 0 Å². The molecule has 1 saturated carbocycles. The summed E-state index contributed by atoms with van der Waals surface area (Å²) in [5.74, 6) is -2.47. The molecule has 0 bridgehead atoms. The summed E-state index contributed by atoms with van der Waals surface area (Å²) in [6.45, 7) is 4.02. The molecule has 1 aliphatic heterocycles. The minimum Gasteiger partial charge on any atom is -0.399 e. The first-order chi connectivity index (χ1) is 17.2.